The van der Waals surface area contributed by atoms with Crippen LogP contribution in [-0.2, 0) is 22.6 Å². The van der Waals surface area contributed by atoms with Crippen molar-refractivity contribution in [3.63, 3.8) is 0 Å². The molecule has 2 aliphatic heterocycles. The molecule has 0 radical (unpaired) electrons. The highest BCUT2D eigenvalue weighted by molar-refractivity contribution is 5.76. The fraction of sp³-hybridized carbons (Fsp3) is 0.789. The average molecular weight is 348 g/mol. The molecule has 1 atom stereocenters. The van der Waals surface area contributed by atoms with E-state index in [2.05, 4.69) is 28.4 Å². The predicted octanol–water partition coefficient (Wildman–Crippen LogP) is 2.19. The number of nitrogens with one attached hydrogen (secondary N) is 1. The molecular weight excluding hydrogens is 316 g/mol. The van der Waals surface area contributed by atoms with Crippen LogP contribution in [0.15, 0.2) is 12.4 Å². The van der Waals surface area contributed by atoms with Gasteiger partial charge in [0, 0.05) is 50.4 Å². The first kappa shape index (κ1) is 18.4. The monoisotopic (exact) mass is 348 g/mol. The Bertz CT molecular complexity index is 576. The van der Waals surface area contributed by atoms with Gasteiger partial charge in [0.05, 0.1) is 18.4 Å². The van der Waals surface area contributed by atoms with Crippen molar-refractivity contribution in [1.82, 2.24) is 20.0 Å². The van der Waals surface area contributed by atoms with E-state index in [4.69, 9.17) is 4.74 Å². The topological polar surface area (TPSA) is 59.4 Å². The van der Waals surface area contributed by atoms with Gasteiger partial charge in [0.15, 0.2) is 0 Å². The van der Waals surface area contributed by atoms with Gasteiger partial charge >= 0.3 is 0 Å². The Labute approximate surface area is 150 Å². The van der Waals surface area contributed by atoms with Crippen molar-refractivity contribution in [3.8, 4) is 0 Å². The summed E-state index contributed by atoms with van der Waals surface area (Å²) in [5.41, 5.74) is 1.29. The minimum absolute atomic E-state index is 0.00682. The van der Waals surface area contributed by atoms with Gasteiger partial charge in [0.1, 0.15) is 0 Å². The van der Waals surface area contributed by atoms with Gasteiger partial charge in [-0.25, -0.2) is 0 Å². The number of aromatic nitrogens is 2. The SMILES string of the molecule is CCn1cc(CN2CCC3(CC2)CC(CC(=O)NC(C)C)CO3)cn1. The molecule has 1 aromatic rings. The predicted molar refractivity (Wildman–Crippen MR) is 97.1 cm³/mol. The first-order valence-corrected chi connectivity index (χ1v) is 9.65. The fourth-order valence-corrected chi connectivity index (χ4v) is 4.10. The third kappa shape index (κ3) is 4.82. The van der Waals surface area contributed by atoms with Crippen LogP contribution in [-0.4, -0.2) is 51.9 Å². The number of piperidine rings is 1. The number of nitrogens with zero attached hydrogens (tertiary/aromatic N) is 3. The summed E-state index contributed by atoms with van der Waals surface area (Å²) in [6, 6.07) is 0.212. The maximum Gasteiger partial charge on any atom is 0.220 e. The van der Waals surface area contributed by atoms with Gasteiger partial charge < -0.3 is 10.1 Å². The number of hydrogen-bond acceptors (Lipinski definition) is 4. The van der Waals surface area contributed by atoms with Crippen molar-refractivity contribution in [2.45, 2.75) is 71.2 Å². The normalized spacial score (nSPS) is 23.4. The lowest BCUT2D eigenvalue weighted by Crippen LogP contribution is -2.43. The van der Waals surface area contributed by atoms with Crippen LogP contribution in [0.3, 0.4) is 0 Å². The van der Waals surface area contributed by atoms with Crippen LogP contribution in [0.2, 0.25) is 0 Å². The van der Waals surface area contributed by atoms with E-state index in [1.54, 1.807) is 0 Å². The van der Waals surface area contributed by atoms with Crippen molar-refractivity contribution in [2.75, 3.05) is 19.7 Å². The lowest BCUT2D eigenvalue weighted by molar-refractivity contribution is -0.122. The van der Waals surface area contributed by atoms with Crippen molar-refractivity contribution in [2.24, 2.45) is 5.92 Å². The largest absolute Gasteiger partial charge is 0.375 e. The zero-order valence-electron chi connectivity index (χ0n) is 15.8. The number of amides is 1. The van der Waals surface area contributed by atoms with Crippen molar-refractivity contribution < 1.29 is 9.53 Å². The molecule has 6 heteroatoms. The molecule has 0 aromatic carbocycles. The lowest BCUT2D eigenvalue weighted by Gasteiger charge is -2.38. The Hall–Kier alpha value is -1.40. The number of ether oxygens (including phenoxy) is 1. The average Bonchev–Trinajstić information content (AvgIpc) is 3.16. The first-order valence-electron chi connectivity index (χ1n) is 9.65. The summed E-state index contributed by atoms with van der Waals surface area (Å²) in [6.07, 6.45) is 7.87. The minimum atomic E-state index is 0.00682. The molecule has 1 amide bonds. The van der Waals surface area contributed by atoms with Gasteiger partial charge in [0.25, 0.3) is 0 Å². The maximum atomic E-state index is 12.0. The molecule has 1 spiro atoms. The molecule has 0 bridgehead atoms. The summed E-state index contributed by atoms with van der Waals surface area (Å²) in [5.74, 6) is 0.527. The number of carbonyl (C=O) groups is 1. The van der Waals surface area contributed by atoms with Crippen molar-refractivity contribution >= 4 is 5.91 Å². The molecule has 140 valence electrons. The quantitative estimate of drug-likeness (QED) is 0.856. The summed E-state index contributed by atoms with van der Waals surface area (Å²) >= 11 is 0. The molecule has 6 nitrogen and oxygen atoms in total. The molecule has 3 rings (SSSR count). The van der Waals surface area contributed by atoms with E-state index in [1.807, 2.05) is 24.7 Å². The molecule has 1 N–H and O–H groups in total. The van der Waals surface area contributed by atoms with E-state index < -0.39 is 0 Å². The Morgan fingerprint density at radius 2 is 2.20 bits per heavy atom. The number of aryl methyl sites for hydroxylation is 1. The highest BCUT2D eigenvalue weighted by atomic mass is 16.5. The van der Waals surface area contributed by atoms with Crippen LogP contribution in [0.25, 0.3) is 0 Å². The molecule has 0 saturated carbocycles. The third-order valence-corrected chi connectivity index (χ3v) is 5.39. The van der Waals surface area contributed by atoms with E-state index in [0.717, 1.165) is 52.0 Å². The molecule has 1 unspecified atom stereocenters. The smallest absolute Gasteiger partial charge is 0.220 e. The highest BCUT2D eigenvalue weighted by Gasteiger charge is 2.43. The summed E-state index contributed by atoms with van der Waals surface area (Å²) in [7, 11) is 0. The molecule has 25 heavy (non-hydrogen) atoms. The summed E-state index contributed by atoms with van der Waals surface area (Å²) in [4.78, 5) is 14.5. The zero-order chi connectivity index (χ0) is 17.9. The Balaban J connectivity index is 1.44. The standard InChI is InChI=1S/C19H32N4O2/c1-4-23-13-17(11-20-23)12-22-7-5-19(6-8-22)10-16(14-25-19)9-18(24)21-15(2)3/h11,13,15-16H,4-10,12,14H2,1-3H3,(H,21,24). The molecule has 2 saturated heterocycles. The van der Waals surface area contributed by atoms with E-state index in [0.29, 0.717) is 12.3 Å². The molecule has 3 heterocycles. The van der Waals surface area contributed by atoms with E-state index >= 15 is 0 Å². The molecule has 1 aromatic heterocycles. The number of carbonyl (C=O) groups excluding carboxylic acids is 1. The van der Waals surface area contributed by atoms with E-state index in [9.17, 15) is 4.79 Å². The second kappa shape index (κ2) is 7.87. The zero-order valence-corrected chi connectivity index (χ0v) is 15.8. The van der Waals surface area contributed by atoms with E-state index in [-0.39, 0.29) is 17.6 Å². The van der Waals surface area contributed by atoms with Crippen LogP contribution in [0, 0.1) is 5.92 Å². The van der Waals surface area contributed by atoms with Gasteiger partial charge in [-0.15, -0.1) is 0 Å². The Kier molecular flexibility index (Phi) is 5.79. The van der Waals surface area contributed by atoms with Gasteiger partial charge in [-0.05, 0) is 46.0 Å². The van der Waals surface area contributed by atoms with E-state index in [1.165, 1.54) is 5.56 Å². The molecule has 2 fully saturated rings. The molecule has 0 aliphatic carbocycles. The van der Waals surface area contributed by atoms with Crippen LogP contribution in [0.4, 0.5) is 0 Å². The molecule has 2 aliphatic rings. The van der Waals surface area contributed by atoms with Crippen LogP contribution in [0.1, 0.15) is 52.0 Å². The summed E-state index contributed by atoms with van der Waals surface area (Å²) < 4.78 is 8.18. The lowest BCUT2D eigenvalue weighted by atomic mass is 9.84. The van der Waals surface area contributed by atoms with Gasteiger partial charge in [-0.1, -0.05) is 0 Å². The maximum absolute atomic E-state index is 12.0. The van der Waals surface area contributed by atoms with Crippen molar-refractivity contribution in [3.05, 3.63) is 18.0 Å². The second-order valence-corrected chi connectivity index (χ2v) is 7.97. The van der Waals surface area contributed by atoms with Crippen LogP contribution in [0.5, 0.6) is 0 Å². The second-order valence-electron chi connectivity index (χ2n) is 7.97. The first-order chi connectivity index (χ1) is 12.0. The van der Waals surface area contributed by atoms with Gasteiger partial charge in [-0.3, -0.25) is 14.4 Å². The molecular formula is C19H32N4O2. The minimum Gasteiger partial charge on any atom is -0.375 e. The van der Waals surface area contributed by atoms with Gasteiger partial charge in [-0.2, -0.15) is 5.10 Å². The third-order valence-electron chi connectivity index (χ3n) is 5.39. The Morgan fingerprint density at radius 1 is 1.44 bits per heavy atom. The number of rotatable bonds is 6. The highest BCUT2D eigenvalue weighted by Crippen LogP contribution is 2.40. The van der Waals surface area contributed by atoms with Gasteiger partial charge in [0.2, 0.25) is 5.91 Å². The summed E-state index contributed by atoms with van der Waals surface area (Å²) in [5, 5.41) is 7.35. The summed E-state index contributed by atoms with van der Waals surface area (Å²) in [6.45, 7) is 10.9. The number of hydrogen-bond donors (Lipinski definition) is 1. The van der Waals surface area contributed by atoms with Crippen LogP contribution < -0.4 is 5.32 Å². The number of likely N-dealkylation sites (tertiary alicyclic amines) is 1. The fourth-order valence-electron chi connectivity index (χ4n) is 4.10. The Morgan fingerprint density at radius 3 is 2.84 bits per heavy atom. The van der Waals surface area contributed by atoms with Crippen molar-refractivity contribution in [1.29, 1.82) is 0 Å². The van der Waals surface area contributed by atoms with Crippen LogP contribution >= 0.6 is 0 Å².